The van der Waals surface area contributed by atoms with E-state index in [2.05, 4.69) is 16.8 Å². The molecule has 1 aromatic carbocycles. The van der Waals surface area contributed by atoms with Gasteiger partial charge < -0.3 is 14.2 Å². The van der Waals surface area contributed by atoms with Crippen LogP contribution in [0.25, 0.3) is 11.0 Å². The number of hydrogen-bond donors (Lipinski definition) is 0. The highest BCUT2D eigenvalue weighted by atomic mass is 32.2. The van der Waals surface area contributed by atoms with Crippen LogP contribution in [-0.2, 0) is 15.0 Å². The quantitative estimate of drug-likeness (QED) is 0.779. The summed E-state index contributed by atoms with van der Waals surface area (Å²) in [6.45, 7) is 5.28. The van der Waals surface area contributed by atoms with Crippen LogP contribution < -0.4 is 9.21 Å². The maximum absolute atomic E-state index is 12.7. The fourth-order valence-corrected chi connectivity index (χ4v) is 5.15. The standard InChI is InChI=1S/C17H22N4O4S/c1-13(22)20-8-9-21(26(20,23)24)15-11-14-3-10-25-17(14)16(12-15)19-6-4-18(2)5-7-19/h3,10-12H,4-9H2,1-2H3. The third-order valence-corrected chi connectivity index (χ3v) is 7.01. The zero-order valence-corrected chi connectivity index (χ0v) is 15.7. The van der Waals surface area contributed by atoms with Crippen molar-refractivity contribution in [3.8, 4) is 0 Å². The number of likely N-dealkylation sites (N-methyl/N-ethyl adjacent to an activating group) is 1. The number of piperazine rings is 1. The summed E-state index contributed by atoms with van der Waals surface area (Å²) in [5.74, 6) is -0.462. The fraction of sp³-hybridized carbons (Fsp3) is 0.471. The van der Waals surface area contributed by atoms with Gasteiger partial charge in [0.15, 0.2) is 5.58 Å². The normalized spacial score (nSPS) is 20.9. The van der Waals surface area contributed by atoms with Gasteiger partial charge in [-0.15, -0.1) is 0 Å². The number of amides is 1. The molecule has 8 nitrogen and oxygen atoms in total. The van der Waals surface area contributed by atoms with E-state index in [1.165, 1.54) is 11.2 Å². The van der Waals surface area contributed by atoms with Gasteiger partial charge in [-0.1, -0.05) is 0 Å². The zero-order valence-electron chi connectivity index (χ0n) is 14.9. The second kappa shape index (κ2) is 6.17. The van der Waals surface area contributed by atoms with Gasteiger partial charge in [-0.3, -0.25) is 9.10 Å². The molecule has 0 spiro atoms. The molecule has 1 aromatic heterocycles. The zero-order chi connectivity index (χ0) is 18.5. The lowest BCUT2D eigenvalue weighted by Crippen LogP contribution is -2.44. The molecule has 1 amide bonds. The number of rotatable bonds is 2. The second-order valence-electron chi connectivity index (χ2n) is 6.77. The van der Waals surface area contributed by atoms with Crippen LogP contribution in [0.4, 0.5) is 11.4 Å². The van der Waals surface area contributed by atoms with Gasteiger partial charge in [-0.2, -0.15) is 8.42 Å². The molecule has 26 heavy (non-hydrogen) atoms. The lowest BCUT2D eigenvalue weighted by molar-refractivity contribution is -0.123. The first-order valence-electron chi connectivity index (χ1n) is 8.63. The van der Waals surface area contributed by atoms with Gasteiger partial charge in [0.25, 0.3) is 0 Å². The van der Waals surface area contributed by atoms with E-state index < -0.39 is 16.1 Å². The SMILES string of the molecule is CC(=O)N1CCN(c2cc(N3CCN(C)CC3)c3occc3c2)S1(=O)=O. The predicted molar refractivity (Wildman–Crippen MR) is 99.6 cm³/mol. The number of carbonyl (C=O) groups excluding carboxylic acids is 1. The number of fused-ring (bicyclic) bond motifs is 1. The molecule has 3 heterocycles. The van der Waals surface area contributed by atoms with Crippen LogP contribution in [-0.4, -0.2) is 69.8 Å². The van der Waals surface area contributed by atoms with E-state index in [9.17, 15) is 13.2 Å². The topological polar surface area (TPSA) is 77.3 Å². The predicted octanol–water partition coefficient (Wildman–Crippen LogP) is 1.10. The molecule has 2 aliphatic rings. The number of nitrogens with zero attached hydrogens (tertiary/aromatic N) is 4. The Morgan fingerprint density at radius 1 is 1.08 bits per heavy atom. The number of carbonyl (C=O) groups is 1. The molecule has 2 aliphatic heterocycles. The number of benzene rings is 1. The molecule has 0 bridgehead atoms. The average Bonchev–Trinajstić information content (AvgIpc) is 3.18. The summed E-state index contributed by atoms with van der Waals surface area (Å²) >= 11 is 0. The van der Waals surface area contributed by atoms with E-state index in [1.807, 2.05) is 12.1 Å². The Hall–Kier alpha value is -2.26. The fourth-order valence-electron chi connectivity index (χ4n) is 3.59. The first-order chi connectivity index (χ1) is 12.4. The first-order valence-corrected chi connectivity index (χ1v) is 10.0. The highest BCUT2D eigenvalue weighted by molar-refractivity contribution is 7.91. The molecule has 0 N–H and O–H groups in total. The smallest absolute Gasteiger partial charge is 0.328 e. The molecule has 0 radical (unpaired) electrons. The summed E-state index contributed by atoms with van der Waals surface area (Å²) in [5.41, 5.74) is 2.22. The Labute approximate surface area is 152 Å². The van der Waals surface area contributed by atoms with Crippen LogP contribution in [0.2, 0.25) is 0 Å². The minimum atomic E-state index is -3.83. The average molecular weight is 378 g/mol. The van der Waals surface area contributed by atoms with Crippen LogP contribution in [0.1, 0.15) is 6.92 Å². The molecular weight excluding hydrogens is 356 g/mol. The molecular formula is C17H22N4O4S. The molecule has 140 valence electrons. The van der Waals surface area contributed by atoms with Gasteiger partial charge in [-0.05, 0) is 25.2 Å². The van der Waals surface area contributed by atoms with Crippen molar-refractivity contribution >= 4 is 38.5 Å². The van der Waals surface area contributed by atoms with Crippen LogP contribution >= 0.6 is 0 Å². The summed E-state index contributed by atoms with van der Waals surface area (Å²) in [6.07, 6.45) is 1.62. The van der Waals surface area contributed by atoms with Gasteiger partial charge in [0.05, 0.1) is 30.7 Å². The largest absolute Gasteiger partial charge is 0.462 e. The molecule has 0 unspecified atom stereocenters. The molecule has 2 saturated heterocycles. The maximum atomic E-state index is 12.7. The molecule has 2 aromatic rings. The van der Waals surface area contributed by atoms with Gasteiger partial charge in [-0.25, -0.2) is 4.31 Å². The van der Waals surface area contributed by atoms with Crippen molar-refractivity contribution < 1.29 is 17.6 Å². The molecule has 4 rings (SSSR count). The Morgan fingerprint density at radius 3 is 2.46 bits per heavy atom. The van der Waals surface area contributed by atoms with E-state index in [1.54, 1.807) is 12.3 Å². The van der Waals surface area contributed by atoms with Crippen molar-refractivity contribution in [2.24, 2.45) is 0 Å². The molecule has 0 aliphatic carbocycles. The van der Waals surface area contributed by atoms with Crippen LogP contribution in [0.15, 0.2) is 28.9 Å². The molecule has 2 fully saturated rings. The first kappa shape index (κ1) is 17.2. The van der Waals surface area contributed by atoms with Crippen molar-refractivity contribution in [1.29, 1.82) is 0 Å². The van der Waals surface area contributed by atoms with Crippen molar-refractivity contribution in [3.63, 3.8) is 0 Å². The van der Waals surface area contributed by atoms with Crippen molar-refractivity contribution in [2.45, 2.75) is 6.92 Å². The summed E-state index contributed by atoms with van der Waals surface area (Å²) in [4.78, 5) is 16.1. The van der Waals surface area contributed by atoms with Gasteiger partial charge in [0, 0.05) is 38.5 Å². The minimum Gasteiger partial charge on any atom is -0.462 e. The summed E-state index contributed by atoms with van der Waals surface area (Å²) in [7, 11) is -1.74. The van der Waals surface area contributed by atoms with Gasteiger partial charge in [0.2, 0.25) is 5.91 Å². The Kier molecular flexibility index (Phi) is 4.07. The molecule has 9 heteroatoms. The van der Waals surface area contributed by atoms with Crippen LogP contribution in [0, 0.1) is 0 Å². The third kappa shape index (κ3) is 2.71. The Balaban J connectivity index is 1.76. The van der Waals surface area contributed by atoms with Crippen molar-refractivity contribution in [2.75, 3.05) is 55.5 Å². The summed E-state index contributed by atoms with van der Waals surface area (Å²) < 4.78 is 33.3. The molecule has 0 saturated carbocycles. The third-order valence-electron chi connectivity index (χ3n) is 5.06. The highest BCUT2D eigenvalue weighted by Gasteiger charge is 2.39. The van der Waals surface area contributed by atoms with Gasteiger partial charge in [0.1, 0.15) is 0 Å². The lowest BCUT2D eigenvalue weighted by atomic mass is 10.1. The molecule has 0 atom stereocenters. The van der Waals surface area contributed by atoms with Crippen LogP contribution in [0.5, 0.6) is 0 Å². The van der Waals surface area contributed by atoms with E-state index in [-0.39, 0.29) is 13.1 Å². The van der Waals surface area contributed by atoms with Crippen molar-refractivity contribution in [1.82, 2.24) is 9.21 Å². The lowest BCUT2D eigenvalue weighted by Gasteiger charge is -2.34. The number of anilines is 2. The summed E-state index contributed by atoms with van der Waals surface area (Å²) in [6, 6.07) is 5.50. The van der Waals surface area contributed by atoms with E-state index in [0.717, 1.165) is 47.1 Å². The maximum Gasteiger partial charge on any atom is 0.328 e. The minimum absolute atomic E-state index is 0.172. The second-order valence-corrected chi connectivity index (χ2v) is 8.54. The van der Waals surface area contributed by atoms with Crippen molar-refractivity contribution in [3.05, 3.63) is 24.5 Å². The number of hydrogen-bond acceptors (Lipinski definition) is 6. The van der Waals surface area contributed by atoms with E-state index in [0.29, 0.717) is 5.69 Å². The summed E-state index contributed by atoms with van der Waals surface area (Å²) in [5, 5.41) is 0.855. The van der Waals surface area contributed by atoms with Gasteiger partial charge >= 0.3 is 10.2 Å². The van der Waals surface area contributed by atoms with E-state index in [4.69, 9.17) is 4.42 Å². The monoisotopic (exact) mass is 378 g/mol. The van der Waals surface area contributed by atoms with Crippen LogP contribution in [0.3, 0.4) is 0 Å². The highest BCUT2D eigenvalue weighted by Crippen LogP contribution is 2.36. The Morgan fingerprint density at radius 2 is 1.81 bits per heavy atom. The number of furan rings is 1. The Bertz CT molecular complexity index is 947. The van der Waals surface area contributed by atoms with E-state index >= 15 is 0 Å².